The lowest BCUT2D eigenvalue weighted by atomic mass is 9.97. The molecule has 29 heavy (non-hydrogen) atoms. The molecule has 0 aromatic rings. The van der Waals surface area contributed by atoms with E-state index >= 15 is 0 Å². The van der Waals surface area contributed by atoms with Crippen molar-refractivity contribution in [3.8, 4) is 0 Å². The van der Waals surface area contributed by atoms with Crippen LogP contribution in [0.2, 0.25) is 0 Å². The lowest BCUT2D eigenvalue weighted by Crippen LogP contribution is -2.57. The summed E-state index contributed by atoms with van der Waals surface area (Å²) in [4.78, 5) is 42.0. The van der Waals surface area contributed by atoms with Gasteiger partial charge in [0.25, 0.3) is 0 Å². The van der Waals surface area contributed by atoms with Crippen LogP contribution in [0.4, 0.5) is 4.79 Å². The molecule has 0 unspecified atom stereocenters. The number of rotatable bonds is 6. The minimum atomic E-state index is -0.700. The van der Waals surface area contributed by atoms with Crippen LogP contribution in [0.15, 0.2) is 12.2 Å². The Morgan fingerprint density at radius 2 is 1.69 bits per heavy atom. The molecule has 0 saturated carbocycles. The van der Waals surface area contributed by atoms with Crippen LogP contribution in [-0.4, -0.2) is 65.7 Å². The molecule has 0 radical (unpaired) electrons. The number of ether oxygens (including phenoxy) is 2. The molecule has 7 nitrogen and oxygen atoms in total. The molecule has 0 bridgehead atoms. The van der Waals surface area contributed by atoms with Crippen LogP contribution in [0, 0.1) is 11.8 Å². The normalized spacial score (nSPS) is 20.3. The fourth-order valence-corrected chi connectivity index (χ4v) is 3.33. The zero-order valence-electron chi connectivity index (χ0n) is 19.2. The molecular formula is C22H38N2O5. The molecule has 1 rings (SSSR count). The van der Waals surface area contributed by atoms with Gasteiger partial charge in [-0.05, 0) is 45.4 Å². The summed E-state index contributed by atoms with van der Waals surface area (Å²) in [5, 5.41) is 0. The summed E-state index contributed by atoms with van der Waals surface area (Å²) in [5.74, 6) is -0.300. The van der Waals surface area contributed by atoms with E-state index in [1.165, 1.54) is 12.0 Å². The number of esters is 1. The number of hydrogen-bond donors (Lipinski definition) is 0. The van der Waals surface area contributed by atoms with E-state index in [2.05, 4.69) is 0 Å². The second-order valence-corrected chi connectivity index (χ2v) is 9.41. The standard InChI is InChI=1S/C22H38N2O5/c1-15(2)13-17-19(25)23(18(14-16(3)4)20(26)28-8)11-9-10-12-24(17)21(27)29-22(5,6)7/h9-10,15-18H,11-14H2,1-8H3/b10-9-/t17-,18-/m0/s1. The van der Waals surface area contributed by atoms with E-state index in [0.29, 0.717) is 25.9 Å². The molecule has 0 aliphatic carbocycles. The van der Waals surface area contributed by atoms with Crippen molar-refractivity contribution in [2.75, 3.05) is 20.2 Å². The highest BCUT2D eigenvalue weighted by molar-refractivity contribution is 5.90. The lowest BCUT2D eigenvalue weighted by molar-refractivity contribution is -0.155. The molecule has 1 aliphatic heterocycles. The molecule has 166 valence electrons. The number of carbonyl (C=O) groups excluding carboxylic acids is 3. The largest absolute Gasteiger partial charge is 0.467 e. The van der Waals surface area contributed by atoms with Gasteiger partial charge in [0.2, 0.25) is 5.91 Å². The van der Waals surface area contributed by atoms with Crippen LogP contribution < -0.4 is 0 Å². The van der Waals surface area contributed by atoms with Crippen LogP contribution in [0.1, 0.15) is 61.3 Å². The van der Waals surface area contributed by atoms with Crippen LogP contribution in [-0.2, 0) is 19.1 Å². The summed E-state index contributed by atoms with van der Waals surface area (Å²) in [6, 6.07) is -1.39. The maximum absolute atomic E-state index is 13.6. The van der Waals surface area contributed by atoms with E-state index in [0.717, 1.165) is 0 Å². The quantitative estimate of drug-likeness (QED) is 0.494. The van der Waals surface area contributed by atoms with E-state index in [1.54, 1.807) is 25.7 Å². The number of amides is 2. The summed E-state index contributed by atoms with van der Waals surface area (Å²) < 4.78 is 10.5. The van der Waals surface area contributed by atoms with Crippen LogP contribution in [0.5, 0.6) is 0 Å². The first-order chi connectivity index (χ1) is 13.4. The van der Waals surface area contributed by atoms with Crippen LogP contribution >= 0.6 is 0 Å². The van der Waals surface area contributed by atoms with Gasteiger partial charge in [0.05, 0.1) is 7.11 Å². The number of carbonyl (C=O) groups is 3. The third kappa shape index (κ3) is 7.71. The summed E-state index contributed by atoms with van der Waals surface area (Å²) in [6.45, 7) is 14.0. The Bertz CT molecular complexity index is 607. The predicted molar refractivity (Wildman–Crippen MR) is 112 cm³/mol. The zero-order chi connectivity index (χ0) is 22.4. The third-order valence-electron chi connectivity index (χ3n) is 4.58. The Balaban J connectivity index is 3.32. The first-order valence-corrected chi connectivity index (χ1v) is 10.4. The van der Waals surface area contributed by atoms with Gasteiger partial charge < -0.3 is 14.4 Å². The van der Waals surface area contributed by atoms with Gasteiger partial charge in [-0.2, -0.15) is 0 Å². The number of nitrogens with zero attached hydrogens (tertiary/aromatic N) is 2. The lowest BCUT2D eigenvalue weighted by Gasteiger charge is -2.39. The van der Waals surface area contributed by atoms with Crippen LogP contribution in [0.3, 0.4) is 0 Å². The van der Waals surface area contributed by atoms with E-state index in [4.69, 9.17) is 9.47 Å². The summed E-state index contributed by atoms with van der Waals surface area (Å²) in [6.07, 6.45) is 4.12. The van der Waals surface area contributed by atoms with Crippen molar-refractivity contribution in [3.63, 3.8) is 0 Å². The van der Waals surface area contributed by atoms with Crippen molar-refractivity contribution in [2.45, 2.75) is 79.0 Å². The maximum atomic E-state index is 13.6. The van der Waals surface area contributed by atoms with E-state index in [-0.39, 0.29) is 17.7 Å². The monoisotopic (exact) mass is 410 g/mol. The van der Waals surface area contributed by atoms with E-state index in [1.807, 2.05) is 39.8 Å². The molecule has 1 aliphatic rings. The zero-order valence-corrected chi connectivity index (χ0v) is 19.2. The van der Waals surface area contributed by atoms with Crippen molar-refractivity contribution in [2.24, 2.45) is 11.8 Å². The van der Waals surface area contributed by atoms with Crippen LogP contribution in [0.25, 0.3) is 0 Å². The average molecular weight is 411 g/mol. The summed E-state index contributed by atoms with van der Waals surface area (Å²) in [7, 11) is 1.33. The second kappa shape index (κ2) is 10.6. The molecule has 0 aromatic carbocycles. The highest BCUT2D eigenvalue weighted by Crippen LogP contribution is 2.23. The Kier molecular flexibility index (Phi) is 9.17. The maximum Gasteiger partial charge on any atom is 0.411 e. The average Bonchev–Trinajstić information content (AvgIpc) is 2.57. The molecule has 2 atom stereocenters. The molecule has 0 fully saturated rings. The molecule has 0 saturated heterocycles. The molecular weight excluding hydrogens is 372 g/mol. The highest BCUT2D eigenvalue weighted by Gasteiger charge is 2.40. The fraction of sp³-hybridized carbons (Fsp3) is 0.773. The highest BCUT2D eigenvalue weighted by atomic mass is 16.6. The molecule has 0 spiro atoms. The number of methoxy groups -OCH3 is 1. The molecule has 0 N–H and O–H groups in total. The molecule has 0 aromatic heterocycles. The van der Waals surface area contributed by atoms with Gasteiger partial charge in [0, 0.05) is 13.1 Å². The van der Waals surface area contributed by atoms with Crippen molar-refractivity contribution >= 4 is 18.0 Å². The minimum Gasteiger partial charge on any atom is -0.467 e. The molecule has 2 amide bonds. The van der Waals surface area contributed by atoms with E-state index < -0.39 is 29.7 Å². The third-order valence-corrected chi connectivity index (χ3v) is 4.58. The minimum absolute atomic E-state index is 0.181. The first-order valence-electron chi connectivity index (χ1n) is 10.4. The topological polar surface area (TPSA) is 76.2 Å². The van der Waals surface area contributed by atoms with Crippen molar-refractivity contribution in [1.82, 2.24) is 9.80 Å². The Hall–Kier alpha value is -2.05. The van der Waals surface area contributed by atoms with Crippen molar-refractivity contribution in [3.05, 3.63) is 12.2 Å². The Morgan fingerprint density at radius 1 is 1.10 bits per heavy atom. The fourth-order valence-electron chi connectivity index (χ4n) is 3.33. The van der Waals surface area contributed by atoms with Gasteiger partial charge in [-0.1, -0.05) is 39.8 Å². The summed E-state index contributed by atoms with van der Waals surface area (Å²) >= 11 is 0. The second-order valence-electron chi connectivity index (χ2n) is 9.41. The van der Waals surface area contributed by atoms with Gasteiger partial charge >= 0.3 is 12.1 Å². The van der Waals surface area contributed by atoms with Gasteiger partial charge in [-0.25, -0.2) is 9.59 Å². The first kappa shape index (κ1) is 25.0. The van der Waals surface area contributed by atoms with Gasteiger partial charge in [-0.3, -0.25) is 9.69 Å². The Morgan fingerprint density at radius 3 is 2.17 bits per heavy atom. The number of hydrogen-bond acceptors (Lipinski definition) is 5. The predicted octanol–water partition coefficient (Wildman–Crippen LogP) is 3.62. The van der Waals surface area contributed by atoms with Gasteiger partial charge in [0.1, 0.15) is 17.7 Å². The SMILES string of the molecule is COC(=O)[C@H](CC(C)C)N1C/C=C\CN(C(=O)OC(C)(C)C)[C@@H](CC(C)C)C1=O. The Labute approximate surface area is 175 Å². The molecule has 7 heteroatoms. The molecule has 1 heterocycles. The van der Waals surface area contributed by atoms with Gasteiger partial charge in [-0.15, -0.1) is 0 Å². The smallest absolute Gasteiger partial charge is 0.411 e. The van der Waals surface area contributed by atoms with Crippen molar-refractivity contribution in [1.29, 1.82) is 0 Å². The van der Waals surface area contributed by atoms with E-state index in [9.17, 15) is 14.4 Å². The summed E-state index contributed by atoms with van der Waals surface area (Å²) in [5.41, 5.74) is -0.666. The van der Waals surface area contributed by atoms with Crippen molar-refractivity contribution < 1.29 is 23.9 Å². The van der Waals surface area contributed by atoms with Gasteiger partial charge in [0.15, 0.2) is 0 Å².